The molecule has 0 radical (unpaired) electrons. The first-order valence-corrected chi connectivity index (χ1v) is 8.48. The van der Waals surface area contributed by atoms with Crippen LogP contribution in [-0.2, 0) is 17.8 Å². The number of thiophene rings is 1. The lowest BCUT2D eigenvalue weighted by atomic mass is 9.97. The zero-order valence-electron chi connectivity index (χ0n) is 12.7. The van der Waals surface area contributed by atoms with Gasteiger partial charge in [0.1, 0.15) is 0 Å². The largest absolute Gasteiger partial charge is 0.373 e. The van der Waals surface area contributed by atoms with Crippen LogP contribution in [0.5, 0.6) is 0 Å². The molecule has 21 heavy (non-hydrogen) atoms. The van der Waals surface area contributed by atoms with E-state index < -0.39 is 0 Å². The van der Waals surface area contributed by atoms with Gasteiger partial charge in [0.2, 0.25) is 0 Å². The Balaban J connectivity index is 1.54. The summed E-state index contributed by atoms with van der Waals surface area (Å²) >= 11 is 1.87. The smallest absolute Gasteiger partial charge is 0.0896 e. The molecule has 5 heteroatoms. The maximum atomic E-state index is 5.93. The van der Waals surface area contributed by atoms with Gasteiger partial charge in [0.05, 0.1) is 12.3 Å². The molecule has 0 aliphatic carbocycles. The van der Waals surface area contributed by atoms with Gasteiger partial charge in [0.15, 0.2) is 0 Å². The van der Waals surface area contributed by atoms with E-state index in [0.717, 1.165) is 32.7 Å². The summed E-state index contributed by atoms with van der Waals surface area (Å²) in [4.78, 5) is 2.78. The molecule has 0 aromatic carbocycles. The van der Waals surface area contributed by atoms with E-state index >= 15 is 0 Å². The molecule has 3 heterocycles. The average molecular weight is 305 g/mol. The Kier molecular flexibility index (Phi) is 4.73. The Morgan fingerprint density at radius 2 is 2.38 bits per heavy atom. The highest BCUT2D eigenvalue weighted by atomic mass is 32.1. The van der Waals surface area contributed by atoms with Crippen molar-refractivity contribution in [3.8, 4) is 0 Å². The van der Waals surface area contributed by atoms with Crippen LogP contribution in [0.2, 0.25) is 0 Å². The molecule has 1 aliphatic rings. The standard InChI is InChI=1S/C16H23N3OS/c1-3-19-11-14(9-18-19)16-13(6-7-20-16)8-17-10-15-5-4-12(2)21-15/h4-5,9,11,13,16-17H,3,6-8,10H2,1-2H3/t13-,16-/m1/s1. The van der Waals surface area contributed by atoms with Crippen LogP contribution in [0, 0.1) is 12.8 Å². The van der Waals surface area contributed by atoms with Crippen LogP contribution in [-0.4, -0.2) is 22.9 Å². The van der Waals surface area contributed by atoms with Crippen molar-refractivity contribution in [1.29, 1.82) is 0 Å². The molecule has 0 bridgehead atoms. The van der Waals surface area contributed by atoms with Gasteiger partial charge < -0.3 is 10.1 Å². The first kappa shape index (κ1) is 14.8. The summed E-state index contributed by atoms with van der Waals surface area (Å²) in [6, 6.07) is 4.39. The summed E-state index contributed by atoms with van der Waals surface area (Å²) in [6.45, 7) is 7.98. The van der Waals surface area contributed by atoms with Crippen molar-refractivity contribution in [1.82, 2.24) is 15.1 Å². The molecule has 1 N–H and O–H groups in total. The minimum atomic E-state index is 0.197. The van der Waals surface area contributed by atoms with E-state index in [1.807, 2.05) is 22.2 Å². The third-order valence-corrected chi connectivity index (χ3v) is 5.02. The molecule has 4 nitrogen and oxygen atoms in total. The highest BCUT2D eigenvalue weighted by molar-refractivity contribution is 7.11. The lowest BCUT2D eigenvalue weighted by molar-refractivity contribution is 0.0904. The Morgan fingerprint density at radius 1 is 1.48 bits per heavy atom. The number of aromatic nitrogens is 2. The van der Waals surface area contributed by atoms with Gasteiger partial charge in [-0.1, -0.05) is 0 Å². The number of hydrogen-bond acceptors (Lipinski definition) is 4. The number of rotatable bonds is 6. The van der Waals surface area contributed by atoms with E-state index in [0.29, 0.717) is 5.92 Å². The van der Waals surface area contributed by atoms with Crippen molar-refractivity contribution in [2.24, 2.45) is 5.92 Å². The summed E-state index contributed by atoms with van der Waals surface area (Å²) in [6.07, 6.45) is 5.39. The van der Waals surface area contributed by atoms with Gasteiger partial charge in [-0.15, -0.1) is 11.3 Å². The maximum Gasteiger partial charge on any atom is 0.0896 e. The van der Waals surface area contributed by atoms with Crippen LogP contribution in [0.3, 0.4) is 0 Å². The summed E-state index contributed by atoms with van der Waals surface area (Å²) in [5.74, 6) is 0.542. The van der Waals surface area contributed by atoms with Crippen molar-refractivity contribution in [2.45, 2.75) is 39.5 Å². The first-order valence-electron chi connectivity index (χ1n) is 7.66. The van der Waals surface area contributed by atoms with Crippen LogP contribution in [0.25, 0.3) is 0 Å². The summed E-state index contributed by atoms with van der Waals surface area (Å²) in [5.41, 5.74) is 1.22. The molecule has 2 atom stereocenters. The lowest BCUT2D eigenvalue weighted by Crippen LogP contribution is -2.24. The van der Waals surface area contributed by atoms with Crippen LogP contribution in [0.1, 0.15) is 34.8 Å². The predicted octanol–water partition coefficient (Wildman–Crippen LogP) is 3.14. The lowest BCUT2D eigenvalue weighted by Gasteiger charge is -2.17. The third kappa shape index (κ3) is 3.54. The maximum absolute atomic E-state index is 5.93. The molecule has 0 saturated carbocycles. The molecule has 0 spiro atoms. The average Bonchev–Trinajstić information content (AvgIpc) is 3.19. The molecule has 0 amide bonds. The van der Waals surface area contributed by atoms with E-state index in [9.17, 15) is 0 Å². The molecule has 1 saturated heterocycles. The van der Waals surface area contributed by atoms with Crippen LogP contribution in [0.4, 0.5) is 0 Å². The van der Waals surface area contributed by atoms with E-state index in [1.165, 1.54) is 15.3 Å². The van der Waals surface area contributed by atoms with Gasteiger partial charge in [0.25, 0.3) is 0 Å². The normalized spacial score (nSPS) is 22.0. The molecule has 0 unspecified atom stereocenters. The van der Waals surface area contributed by atoms with Gasteiger partial charge in [0, 0.05) is 53.7 Å². The molecule has 114 valence electrons. The van der Waals surface area contributed by atoms with Crippen molar-refractivity contribution < 1.29 is 4.74 Å². The van der Waals surface area contributed by atoms with E-state index in [2.05, 4.69) is 42.6 Å². The predicted molar refractivity (Wildman–Crippen MR) is 85.5 cm³/mol. The number of nitrogens with zero attached hydrogens (tertiary/aromatic N) is 2. The van der Waals surface area contributed by atoms with Crippen molar-refractivity contribution >= 4 is 11.3 Å². The monoisotopic (exact) mass is 305 g/mol. The van der Waals surface area contributed by atoms with E-state index in [1.54, 1.807) is 0 Å². The second-order valence-electron chi connectivity index (χ2n) is 5.61. The van der Waals surface area contributed by atoms with Gasteiger partial charge in [-0.3, -0.25) is 4.68 Å². The molecule has 2 aromatic heterocycles. The molecular weight excluding hydrogens is 282 g/mol. The molecule has 1 fully saturated rings. The second kappa shape index (κ2) is 6.73. The summed E-state index contributed by atoms with van der Waals surface area (Å²) in [5, 5.41) is 7.94. The molecule has 2 aromatic rings. The third-order valence-electron chi connectivity index (χ3n) is 4.02. The van der Waals surface area contributed by atoms with Gasteiger partial charge in [-0.2, -0.15) is 5.10 Å². The minimum Gasteiger partial charge on any atom is -0.373 e. The fourth-order valence-electron chi connectivity index (χ4n) is 2.87. The van der Waals surface area contributed by atoms with E-state index in [4.69, 9.17) is 4.74 Å². The van der Waals surface area contributed by atoms with Crippen LogP contribution < -0.4 is 5.32 Å². The van der Waals surface area contributed by atoms with Gasteiger partial charge >= 0.3 is 0 Å². The number of hydrogen-bond donors (Lipinski definition) is 1. The minimum absolute atomic E-state index is 0.197. The Bertz CT molecular complexity index is 578. The van der Waals surface area contributed by atoms with E-state index in [-0.39, 0.29) is 6.10 Å². The Hall–Kier alpha value is -1.17. The van der Waals surface area contributed by atoms with Crippen molar-refractivity contribution in [2.75, 3.05) is 13.2 Å². The van der Waals surface area contributed by atoms with Crippen LogP contribution >= 0.6 is 11.3 Å². The highest BCUT2D eigenvalue weighted by Gasteiger charge is 2.30. The molecule has 3 rings (SSSR count). The Morgan fingerprint density at radius 3 is 3.10 bits per heavy atom. The van der Waals surface area contributed by atoms with Crippen molar-refractivity contribution in [3.63, 3.8) is 0 Å². The first-order chi connectivity index (χ1) is 10.3. The second-order valence-corrected chi connectivity index (χ2v) is 6.99. The zero-order valence-corrected chi connectivity index (χ0v) is 13.5. The SMILES string of the molecule is CCn1cc([C@@H]2OCC[C@@H]2CNCc2ccc(C)s2)cn1. The number of ether oxygens (including phenoxy) is 1. The van der Waals surface area contributed by atoms with Crippen molar-refractivity contribution in [3.05, 3.63) is 39.8 Å². The Labute approximate surface area is 130 Å². The fraction of sp³-hybridized carbons (Fsp3) is 0.562. The highest BCUT2D eigenvalue weighted by Crippen LogP contribution is 2.33. The summed E-state index contributed by atoms with van der Waals surface area (Å²) < 4.78 is 7.89. The quantitative estimate of drug-likeness (QED) is 0.891. The van der Waals surface area contributed by atoms with Gasteiger partial charge in [-0.25, -0.2) is 0 Å². The zero-order chi connectivity index (χ0) is 14.7. The fourth-order valence-corrected chi connectivity index (χ4v) is 3.73. The summed E-state index contributed by atoms with van der Waals surface area (Å²) in [7, 11) is 0. The molecular formula is C16H23N3OS. The van der Waals surface area contributed by atoms with Crippen LogP contribution in [0.15, 0.2) is 24.5 Å². The topological polar surface area (TPSA) is 39.1 Å². The number of aryl methyl sites for hydroxylation is 2. The van der Waals surface area contributed by atoms with Gasteiger partial charge in [-0.05, 0) is 32.4 Å². The molecule has 1 aliphatic heterocycles. The number of nitrogens with one attached hydrogen (secondary N) is 1.